The average Bonchev–Trinajstić information content (AvgIpc) is 1.96. The van der Waals surface area contributed by atoms with Crippen molar-refractivity contribution in [3.8, 4) is 0 Å². The fourth-order valence-corrected chi connectivity index (χ4v) is 0.683. The summed E-state index contributed by atoms with van der Waals surface area (Å²) < 4.78 is 0. The van der Waals surface area contributed by atoms with E-state index in [1.807, 2.05) is 0 Å². The number of aliphatic carboxylic acids is 1. The molecule has 0 aliphatic heterocycles. The van der Waals surface area contributed by atoms with Crippen molar-refractivity contribution in [3.63, 3.8) is 0 Å². The molecule has 0 aliphatic rings. The summed E-state index contributed by atoms with van der Waals surface area (Å²) in [6, 6.07) is -0.852. The van der Waals surface area contributed by atoms with Gasteiger partial charge in [-0.3, -0.25) is 4.79 Å². The molecule has 0 rings (SSSR count). The number of carboxylic acids is 1. The summed E-state index contributed by atoms with van der Waals surface area (Å²) in [7, 11) is 0. The second-order valence-electron chi connectivity index (χ2n) is 3.49. The summed E-state index contributed by atoms with van der Waals surface area (Å²) in [5.41, 5.74) is 4.44. The largest absolute Gasteiger partial charge is 0.480 e. The van der Waals surface area contributed by atoms with E-state index in [2.05, 4.69) is 5.32 Å². The van der Waals surface area contributed by atoms with E-state index in [0.29, 0.717) is 6.42 Å². The van der Waals surface area contributed by atoms with Crippen LogP contribution in [0.2, 0.25) is 0 Å². The number of nitrogens with one attached hydrogen (secondary N) is 1. The lowest BCUT2D eigenvalue weighted by molar-refractivity contribution is -0.142. The highest BCUT2D eigenvalue weighted by Gasteiger charge is 2.26. The second kappa shape index (κ2) is 4.23. The van der Waals surface area contributed by atoms with E-state index in [9.17, 15) is 9.59 Å². The summed E-state index contributed by atoms with van der Waals surface area (Å²) >= 11 is 0. The molecular weight excluding hydrogens is 172 g/mol. The lowest BCUT2D eigenvalue weighted by atomic mass is 10.1. The number of carbonyl (C=O) groups is 2. The number of nitrogens with two attached hydrogens (primary N) is 1. The molecule has 0 bridgehead atoms. The van der Waals surface area contributed by atoms with Gasteiger partial charge in [0.2, 0.25) is 5.91 Å². The van der Waals surface area contributed by atoms with Gasteiger partial charge in [-0.2, -0.15) is 0 Å². The van der Waals surface area contributed by atoms with Crippen LogP contribution in [0, 0.1) is 0 Å². The first-order chi connectivity index (χ1) is 5.79. The quantitative estimate of drug-likeness (QED) is 0.565. The molecule has 0 heterocycles. The van der Waals surface area contributed by atoms with Crippen molar-refractivity contribution in [2.24, 2.45) is 5.73 Å². The number of amides is 1. The topological polar surface area (TPSA) is 92.4 Å². The van der Waals surface area contributed by atoms with Crippen LogP contribution < -0.4 is 11.1 Å². The second-order valence-corrected chi connectivity index (χ2v) is 3.49. The molecule has 0 spiro atoms. The Kier molecular flexibility index (Phi) is 3.87. The lowest BCUT2D eigenvalue weighted by Gasteiger charge is -2.20. The Balaban J connectivity index is 4.26. The molecule has 0 saturated heterocycles. The molecule has 0 fully saturated rings. The summed E-state index contributed by atoms with van der Waals surface area (Å²) in [6.07, 6.45) is 0.344. The molecule has 13 heavy (non-hydrogen) atoms. The van der Waals surface area contributed by atoms with Gasteiger partial charge in [0.05, 0.1) is 5.54 Å². The molecule has 1 unspecified atom stereocenters. The van der Waals surface area contributed by atoms with Crippen LogP contribution in [0.25, 0.3) is 0 Å². The van der Waals surface area contributed by atoms with E-state index in [1.165, 1.54) is 13.8 Å². The van der Waals surface area contributed by atoms with Gasteiger partial charge in [0.25, 0.3) is 0 Å². The van der Waals surface area contributed by atoms with Crippen LogP contribution in [0.1, 0.15) is 27.2 Å². The van der Waals surface area contributed by atoms with Gasteiger partial charge < -0.3 is 16.2 Å². The van der Waals surface area contributed by atoms with Crippen molar-refractivity contribution in [3.05, 3.63) is 0 Å². The first kappa shape index (κ1) is 11.9. The zero-order valence-electron chi connectivity index (χ0n) is 8.13. The van der Waals surface area contributed by atoms with Crippen molar-refractivity contribution in [2.75, 3.05) is 0 Å². The van der Waals surface area contributed by atoms with E-state index in [-0.39, 0.29) is 0 Å². The molecule has 0 aromatic rings. The maximum absolute atomic E-state index is 11.2. The average molecular weight is 188 g/mol. The minimum Gasteiger partial charge on any atom is -0.480 e. The lowest BCUT2D eigenvalue weighted by Crippen LogP contribution is -2.53. The molecule has 0 aromatic carbocycles. The number of hydrogen-bond donors (Lipinski definition) is 3. The predicted molar refractivity (Wildman–Crippen MR) is 48.1 cm³/mol. The van der Waals surface area contributed by atoms with Gasteiger partial charge in [-0.15, -0.1) is 0 Å². The van der Waals surface area contributed by atoms with E-state index < -0.39 is 23.5 Å². The predicted octanol–water partition coefficient (Wildman–Crippen LogP) is -0.297. The van der Waals surface area contributed by atoms with Gasteiger partial charge in [-0.25, -0.2) is 4.79 Å². The molecule has 0 radical (unpaired) electrons. The maximum atomic E-state index is 11.2. The third-order valence-electron chi connectivity index (χ3n) is 1.60. The molecule has 1 amide bonds. The zero-order valence-corrected chi connectivity index (χ0v) is 8.13. The highest BCUT2D eigenvalue weighted by Crippen LogP contribution is 1.99. The number of rotatable bonds is 4. The minimum atomic E-state index is -1.04. The van der Waals surface area contributed by atoms with E-state index >= 15 is 0 Å². The van der Waals surface area contributed by atoms with Gasteiger partial charge in [0, 0.05) is 0 Å². The standard InChI is InChI=1S/C8H16N2O3/c1-4-5(6(11)12)10-7(13)8(2,3)9/h5H,4,9H2,1-3H3,(H,10,13)(H,11,12). The Hall–Kier alpha value is -1.10. The van der Waals surface area contributed by atoms with Gasteiger partial charge in [0.15, 0.2) is 0 Å². The Morgan fingerprint density at radius 1 is 1.54 bits per heavy atom. The fraction of sp³-hybridized carbons (Fsp3) is 0.750. The first-order valence-corrected chi connectivity index (χ1v) is 4.11. The van der Waals surface area contributed by atoms with Crippen LogP contribution in [0.3, 0.4) is 0 Å². The molecule has 76 valence electrons. The maximum Gasteiger partial charge on any atom is 0.326 e. The van der Waals surface area contributed by atoms with Crippen LogP contribution in [0.4, 0.5) is 0 Å². The van der Waals surface area contributed by atoms with Gasteiger partial charge >= 0.3 is 5.97 Å². The number of carbonyl (C=O) groups excluding carboxylic acids is 1. The molecular formula is C8H16N2O3. The molecule has 1 atom stereocenters. The van der Waals surface area contributed by atoms with Crippen molar-refractivity contribution in [1.82, 2.24) is 5.32 Å². The highest BCUT2D eigenvalue weighted by atomic mass is 16.4. The van der Waals surface area contributed by atoms with Crippen LogP contribution in [-0.4, -0.2) is 28.6 Å². The summed E-state index contributed by atoms with van der Waals surface area (Å²) in [4.78, 5) is 21.8. The third kappa shape index (κ3) is 3.89. The van der Waals surface area contributed by atoms with E-state index in [4.69, 9.17) is 10.8 Å². The third-order valence-corrected chi connectivity index (χ3v) is 1.60. The smallest absolute Gasteiger partial charge is 0.326 e. The Morgan fingerprint density at radius 2 is 2.00 bits per heavy atom. The first-order valence-electron chi connectivity index (χ1n) is 4.11. The van der Waals surface area contributed by atoms with E-state index in [0.717, 1.165) is 0 Å². The summed E-state index contributed by atoms with van der Waals surface area (Å²) in [6.45, 7) is 4.73. The normalized spacial score (nSPS) is 13.5. The van der Waals surface area contributed by atoms with Gasteiger partial charge in [0.1, 0.15) is 6.04 Å². The van der Waals surface area contributed by atoms with E-state index in [1.54, 1.807) is 6.92 Å². The number of hydrogen-bond acceptors (Lipinski definition) is 3. The highest BCUT2D eigenvalue weighted by molar-refractivity contribution is 5.89. The van der Waals surface area contributed by atoms with Gasteiger partial charge in [-0.1, -0.05) is 6.92 Å². The molecule has 0 aromatic heterocycles. The molecule has 4 N–H and O–H groups in total. The molecule has 5 heteroatoms. The Morgan fingerprint density at radius 3 is 2.23 bits per heavy atom. The minimum absolute atomic E-state index is 0.344. The fourth-order valence-electron chi connectivity index (χ4n) is 0.683. The molecule has 5 nitrogen and oxygen atoms in total. The number of carboxylic acid groups (broad SMARTS) is 1. The Bertz CT molecular complexity index is 208. The molecule has 0 aliphatic carbocycles. The SMILES string of the molecule is CCC(NC(=O)C(C)(C)N)C(=O)O. The van der Waals surface area contributed by atoms with Crippen molar-refractivity contribution < 1.29 is 14.7 Å². The van der Waals surface area contributed by atoms with Crippen molar-refractivity contribution >= 4 is 11.9 Å². The Labute approximate surface area is 77.3 Å². The zero-order chi connectivity index (χ0) is 10.6. The van der Waals surface area contributed by atoms with Crippen molar-refractivity contribution in [2.45, 2.75) is 38.8 Å². The summed E-state index contributed by atoms with van der Waals surface area (Å²) in [5, 5.41) is 11.0. The van der Waals surface area contributed by atoms with Gasteiger partial charge in [-0.05, 0) is 20.3 Å². The van der Waals surface area contributed by atoms with Crippen LogP contribution in [0.5, 0.6) is 0 Å². The van der Waals surface area contributed by atoms with Crippen molar-refractivity contribution in [1.29, 1.82) is 0 Å². The van der Waals surface area contributed by atoms with Crippen LogP contribution in [-0.2, 0) is 9.59 Å². The van der Waals surface area contributed by atoms with Crippen LogP contribution >= 0.6 is 0 Å². The molecule has 0 saturated carbocycles. The van der Waals surface area contributed by atoms with Crippen LogP contribution in [0.15, 0.2) is 0 Å². The summed E-state index contributed by atoms with van der Waals surface area (Å²) in [5.74, 6) is -1.50. The monoisotopic (exact) mass is 188 g/mol.